The fraction of sp³-hybridized carbons (Fsp3) is 0.625. The van der Waals surface area contributed by atoms with Gasteiger partial charge in [0.15, 0.2) is 0 Å². The summed E-state index contributed by atoms with van der Waals surface area (Å²) in [4.78, 5) is 0. The average molecular weight is 125 g/mol. The van der Waals surface area contributed by atoms with Crippen LogP contribution in [0.25, 0.3) is 0 Å². The van der Waals surface area contributed by atoms with Crippen molar-refractivity contribution < 1.29 is 4.74 Å². The zero-order valence-corrected chi connectivity index (χ0v) is 6.11. The Hall–Kier alpha value is -0.480. The van der Waals surface area contributed by atoms with Crippen LogP contribution in [-0.2, 0) is 4.74 Å². The fourth-order valence-electron chi connectivity index (χ4n) is 0.565. The molecule has 0 heterocycles. The lowest BCUT2D eigenvalue weighted by Crippen LogP contribution is -2.07. The predicted octanol–water partition coefficient (Wildman–Crippen LogP) is 1.64. The Bertz CT molecular complexity index is 107. The third-order valence-corrected chi connectivity index (χ3v) is 0.995. The van der Waals surface area contributed by atoms with E-state index in [9.17, 15) is 0 Å². The van der Waals surface area contributed by atoms with E-state index in [1.807, 2.05) is 13.8 Å². The third kappa shape index (κ3) is 4.05. The lowest BCUT2D eigenvalue weighted by atomic mass is 10.3. The summed E-state index contributed by atoms with van der Waals surface area (Å²) < 4.78 is 5.15. The van der Waals surface area contributed by atoms with Gasteiger partial charge in [-0.25, -0.2) is 0 Å². The van der Waals surface area contributed by atoms with Crippen molar-refractivity contribution in [1.29, 1.82) is 0 Å². The summed E-state index contributed by atoms with van der Waals surface area (Å²) in [5.74, 6) is 5.72. The number of hydrogen-bond donors (Lipinski definition) is 0. The highest BCUT2D eigenvalue weighted by Crippen LogP contribution is 1.94. The molecule has 1 nitrogen and oxygen atoms in total. The van der Waals surface area contributed by atoms with E-state index in [1.165, 1.54) is 0 Å². The molecule has 0 aliphatic rings. The molecule has 1 unspecified atom stereocenters. The first-order chi connectivity index (χ1) is 4.35. The van der Waals surface area contributed by atoms with Crippen LogP contribution in [0.4, 0.5) is 0 Å². The molecule has 0 aromatic carbocycles. The summed E-state index contributed by atoms with van der Waals surface area (Å²) >= 11 is 0. The summed E-state index contributed by atoms with van der Waals surface area (Å²) in [7, 11) is 0. The van der Waals surface area contributed by atoms with Gasteiger partial charge in [0, 0.05) is 6.61 Å². The largest absolute Gasteiger partial charge is 0.366 e. The Morgan fingerprint density at radius 2 is 2.33 bits per heavy atom. The molecule has 1 atom stereocenters. The maximum absolute atomic E-state index is 5.15. The van der Waals surface area contributed by atoms with Gasteiger partial charge in [0.05, 0.1) is 0 Å². The van der Waals surface area contributed by atoms with E-state index in [-0.39, 0.29) is 6.10 Å². The molecule has 0 fully saturated rings. The average Bonchev–Trinajstić information content (AvgIpc) is 1.88. The minimum atomic E-state index is 0.0903. The zero-order valence-electron chi connectivity index (χ0n) is 6.11. The lowest BCUT2D eigenvalue weighted by molar-refractivity contribution is 0.112. The van der Waals surface area contributed by atoms with E-state index in [0.717, 1.165) is 6.42 Å². The van der Waals surface area contributed by atoms with E-state index in [4.69, 9.17) is 4.74 Å². The van der Waals surface area contributed by atoms with Crippen molar-refractivity contribution in [2.75, 3.05) is 6.61 Å². The Morgan fingerprint density at radius 3 is 2.67 bits per heavy atom. The minimum Gasteiger partial charge on any atom is -0.366 e. The van der Waals surface area contributed by atoms with E-state index < -0.39 is 0 Å². The molecule has 0 aliphatic heterocycles. The van der Waals surface area contributed by atoms with Gasteiger partial charge >= 0.3 is 0 Å². The van der Waals surface area contributed by atoms with Crippen LogP contribution >= 0.6 is 0 Å². The highest BCUT2D eigenvalue weighted by atomic mass is 16.5. The molecule has 0 aromatic rings. The smallest absolute Gasteiger partial charge is 0.117 e. The highest BCUT2D eigenvalue weighted by molar-refractivity contribution is 5.01. The van der Waals surface area contributed by atoms with Crippen LogP contribution < -0.4 is 0 Å². The molecule has 0 aliphatic carbocycles. The van der Waals surface area contributed by atoms with Gasteiger partial charge < -0.3 is 4.74 Å². The van der Waals surface area contributed by atoms with Crippen LogP contribution in [0.5, 0.6) is 0 Å². The van der Waals surface area contributed by atoms with Gasteiger partial charge in [-0.3, -0.25) is 0 Å². The SMILES string of the molecule is [CH2]COC(C#CC)CC. The molecule has 9 heavy (non-hydrogen) atoms. The highest BCUT2D eigenvalue weighted by Gasteiger charge is 1.96. The van der Waals surface area contributed by atoms with Gasteiger partial charge in [-0.05, 0) is 20.3 Å². The normalized spacial score (nSPS) is 11.9. The van der Waals surface area contributed by atoms with Gasteiger partial charge in [-0.15, -0.1) is 5.92 Å². The lowest BCUT2D eigenvalue weighted by Gasteiger charge is -2.05. The second kappa shape index (κ2) is 5.65. The van der Waals surface area contributed by atoms with Crippen molar-refractivity contribution in [3.05, 3.63) is 6.92 Å². The van der Waals surface area contributed by atoms with Crippen LogP contribution in [0, 0.1) is 18.8 Å². The van der Waals surface area contributed by atoms with E-state index >= 15 is 0 Å². The van der Waals surface area contributed by atoms with Crippen LogP contribution in [0.1, 0.15) is 20.3 Å². The topological polar surface area (TPSA) is 9.23 Å². The minimum absolute atomic E-state index is 0.0903. The molecule has 0 spiro atoms. The molecule has 0 saturated carbocycles. The van der Waals surface area contributed by atoms with Crippen LogP contribution in [0.2, 0.25) is 0 Å². The number of rotatable bonds is 3. The first-order valence-electron chi connectivity index (χ1n) is 3.18. The summed E-state index contributed by atoms with van der Waals surface area (Å²) in [6, 6.07) is 0. The van der Waals surface area contributed by atoms with Crippen LogP contribution in [0.15, 0.2) is 0 Å². The quantitative estimate of drug-likeness (QED) is 0.521. The molecule has 0 saturated heterocycles. The fourth-order valence-corrected chi connectivity index (χ4v) is 0.565. The maximum atomic E-state index is 5.15. The molecule has 0 aromatic heterocycles. The van der Waals surface area contributed by atoms with Gasteiger partial charge in [0.1, 0.15) is 6.10 Å². The Morgan fingerprint density at radius 1 is 1.67 bits per heavy atom. The van der Waals surface area contributed by atoms with E-state index in [0.29, 0.717) is 6.61 Å². The Balaban J connectivity index is 3.50. The standard InChI is InChI=1S/C8H13O/c1-4-7-8(5-2)9-6-3/h8H,3,5-6H2,1-2H3. The molecule has 1 heteroatoms. The van der Waals surface area contributed by atoms with Crippen molar-refractivity contribution >= 4 is 0 Å². The molecule has 51 valence electrons. The number of hydrogen-bond acceptors (Lipinski definition) is 1. The molecule has 0 amide bonds. The third-order valence-electron chi connectivity index (χ3n) is 0.995. The van der Waals surface area contributed by atoms with Crippen LogP contribution in [0.3, 0.4) is 0 Å². The van der Waals surface area contributed by atoms with Crippen molar-refractivity contribution in [2.45, 2.75) is 26.4 Å². The summed E-state index contributed by atoms with van der Waals surface area (Å²) in [6.07, 6.45) is 1.03. The van der Waals surface area contributed by atoms with Crippen molar-refractivity contribution in [1.82, 2.24) is 0 Å². The Kier molecular flexibility index (Phi) is 5.35. The summed E-state index contributed by atoms with van der Waals surface area (Å²) in [6.45, 7) is 7.93. The van der Waals surface area contributed by atoms with Gasteiger partial charge in [-0.1, -0.05) is 12.8 Å². The van der Waals surface area contributed by atoms with E-state index in [1.54, 1.807) is 0 Å². The van der Waals surface area contributed by atoms with Gasteiger partial charge in [-0.2, -0.15) is 0 Å². The zero-order chi connectivity index (χ0) is 7.11. The molecule has 1 radical (unpaired) electrons. The van der Waals surface area contributed by atoms with Gasteiger partial charge in [0.2, 0.25) is 0 Å². The second-order valence-corrected chi connectivity index (χ2v) is 1.66. The molecular formula is C8H13O. The monoisotopic (exact) mass is 125 g/mol. The molecule has 0 bridgehead atoms. The van der Waals surface area contributed by atoms with Crippen molar-refractivity contribution in [3.8, 4) is 11.8 Å². The predicted molar refractivity (Wildman–Crippen MR) is 38.8 cm³/mol. The summed E-state index contributed by atoms with van der Waals surface area (Å²) in [5.41, 5.74) is 0. The van der Waals surface area contributed by atoms with Crippen molar-refractivity contribution in [2.24, 2.45) is 0 Å². The molecular weight excluding hydrogens is 112 g/mol. The number of ether oxygens (including phenoxy) is 1. The molecule has 0 rings (SSSR count). The second-order valence-electron chi connectivity index (χ2n) is 1.66. The van der Waals surface area contributed by atoms with Gasteiger partial charge in [0.25, 0.3) is 0 Å². The summed E-state index contributed by atoms with van der Waals surface area (Å²) in [5, 5.41) is 0. The van der Waals surface area contributed by atoms with E-state index in [2.05, 4.69) is 18.8 Å². The first-order valence-corrected chi connectivity index (χ1v) is 3.18. The molecule has 0 N–H and O–H groups in total. The van der Waals surface area contributed by atoms with Crippen molar-refractivity contribution in [3.63, 3.8) is 0 Å². The maximum Gasteiger partial charge on any atom is 0.117 e. The first kappa shape index (κ1) is 8.52. The van der Waals surface area contributed by atoms with Crippen LogP contribution in [-0.4, -0.2) is 12.7 Å². The Labute approximate surface area is 57.4 Å².